The Morgan fingerprint density at radius 2 is 2.05 bits per heavy atom. The molecule has 114 valence electrons. The number of carbonyl (C=O) groups excluding carboxylic acids is 2. The van der Waals surface area contributed by atoms with E-state index in [-0.39, 0.29) is 18.0 Å². The zero-order valence-electron chi connectivity index (χ0n) is 12.6. The fourth-order valence-electron chi connectivity index (χ4n) is 2.80. The van der Waals surface area contributed by atoms with Gasteiger partial charge in [-0.25, -0.2) is 4.79 Å². The summed E-state index contributed by atoms with van der Waals surface area (Å²) in [7, 11) is 1.58. The van der Waals surface area contributed by atoms with Crippen molar-refractivity contribution < 1.29 is 9.59 Å². The standard InChI is InChI=1S/C16H23N3O2/c1-11-5-3-7-13(9-11)18-16(21)19-14-8-4-6-12(10-14)15(20)17-2/h4,6,8,10-11,13H,3,5,7,9H2,1-2H3,(H,17,20)(H2,18,19,21)/t11-,13+/m1/s1. The SMILES string of the molecule is CNC(=O)c1cccc(NC(=O)N[C@H]2CCC[C@@H](C)C2)c1. The van der Waals surface area contributed by atoms with Crippen LogP contribution in [0.4, 0.5) is 10.5 Å². The minimum atomic E-state index is -0.205. The molecule has 5 nitrogen and oxygen atoms in total. The van der Waals surface area contributed by atoms with Crippen molar-refractivity contribution in [2.75, 3.05) is 12.4 Å². The quantitative estimate of drug-likeness (QED) is 0.800. The van der Waals surface area contributed by atoms with Crippen LogP contribution in [-0.2, 0) is 0 Å². The number of anilines is 1. The molecule has 1 aliphatic carbocycles. The minimum absolute atomic E-state index is 0.167. The van der Waals surface area contributed by atoms with Crippen LogP contribution in [0.5, 0.6) is 0 Å². The molecular weight excluding hydrogens is 266 g/mol. The van der Waals surface area contributed by atoms with Crippen LogP contribution in [0.3, 0.4) is 0 Å². The second-order valence-corrected chi connectivity index (χ2v) is 5.73. The Hall–Kier alpha value is -2.04. The van der Waals surface area contributed by atoms with Crippen molar-refractivity contribution in [3.05, 3.63) is 29.8 Å². The third-order valence-electron chi connectivity index (χ3n) is 3.88. The molecule has 0 saturated heterocycles. The summed E-state index contributed by atoms with van der Waals surface area (Å²) in [6.45, 7) is 2.22. The number of hydrogen-bond acceptors (Lipinski definition) is 2. The van der Waals surface area contributed by atoms with Crippen molar-refractivity contribution in [3.8, 4) is 0 Å². The highest BCUT2D eigenvalue weighted by Crippen LogP contribution is 2.23. The predicted octanol–water partition coefficient (Wildman–Crippen LogP) is 2.75. The molecule has 1 fully saturated rings. The van der Waals surface area contributed by atoms with Gasteiger partial charge >= 0.3 is 6.03 Å². The van der Waals surface area contributed by atoms with Crippen molar-refractivity contribution in [1.29, 1.82) is 0 Å². The Balaban J connectivity index is 1.91. The molecule has 2 atom stereocenters. The van der Waals surface area contributed by atoms with Crippen LogP contribution in [0.25, 0.3) is 0 Å². The lowest BCUT2D eigenvalue weighted by molar-refractivity contribution is 0.0963. The summed E-state index contributed by atoms with van der Waals surface area (Å²) in [4.78, 5) is 23.6. The Morgan fingerprint density at radius 1 is 1.24 bits per heavy atom. The zero-order chi connectivity index (χ0) is 15.2. The molecule has 3 N–H and O–H groups in total. The summed E-state index contributed by atoms with van der Waals surface area (Å²) in [6, 6.07) is 6.95. The summed E-state index contributed by atoms with van der Waals surface area (Å²) in [5.74, 6) is 0.501. The molecule has 0 heterocycles. The largest absolute Gasteiger partial charge is 0.355 e. The molecule has 21 heavy (non-hydrogen) atoms. The summed E-state index contributed by atoms with van der Waals surface area (Å²) >= 11 is 0. The van der Waals surface area contributed by atoms with E-state index in [1.165, 1.54) is 6.42 Å². The van der Waals surface area contributed by atoms with Crippen molar-refractivity contribution in [2.24, 2.45) is 5.92 Å². The third-order valence-corrected chi connectivity index (χ3v) is 3.88. The maximum atomic E-state index is 12.0. The molecule has 0 spiro atoms. The van der Waals surface area contributed by atoms with E-state index >= 15 is 0 Å². The topological polar surface area (TPSA) is 70.2 Å². The van der Waals surface area contributed by atoms with Crippen LogP contribution in [0, 0.1) is 5.92 Å². The molecule has 2 rings (SSSR count). The molecule has 5 heteroatoms. The van der Waals surface area contributed by atoms with Crippen molar-refractivity contribution in [3.63, 3.8) is 0 Å². The van der Waals surface area contributed by atoms with Crippen LogP contribution in [-0.4, -0.2) is 25.0 Å². The van der Waals surface area contributed by atoms with Crippen LogP contribution in [0.1, 0.15) is 43.0 Å². The first-order valence-electron chi connectivity index (χ1n) is 7.48. The van der Waals surface area contributed by atoms with Gasteiger partial charge in [0.15, 0.2) is 0 Å². The molecule has 1 saturated carbocycles. The number of benzene rings is 1. The highest BCUT2D eigenvalue weighted by molar-refractivity contribution is 5.96. The number of amides is 3. The average molecular weight is 289 g/mol. The van der Waals surface area contributed by atoms with Crippen LogP contribution >= 0.6 is 0 Å². The molecule has 1 aromatic rings. The van der Waals surface area contributed by atoms with E-state index in [0.717, 1.165) is 19.3 Å². The van der Waals surface area contributed by atoms with Gasteiger partial charge in [-0.2, -0.15) is 0 Å². The smallest absolute Gasteiger partial charge is 0.319 e. The Kier molecular flexibility index (Phi) is 5.20. The van der Waals surface area contributed by atoms with Gasteiger partial charge in [0.2, 0.25) is 0 Å². The fraction of sp³-hybridized carbons (Fsp3) is 0.500. The molecule has 1 aliphatic rings. The van der Waals surface area contributed by atoms with E-state index < -0.39 is 0 Å². The molecule has 0 aromatic heterocycles. The molecule has 0 radical (unpaired) electrons. The van der Waals surface area contributed by atoms with Crippen molar-refractivity contribution >= 4 is 17.6 Å². The van der Waals surface area contributed by atoms with E-state index in [9.17, 15) is 9.59 Å². The van der Waals surface area contributed by atoms with E-state index in [0.29, 0.717) is 17.2 Å². The Morgan fingerprint density at radius 3 is 2.76 bits per heavy atom. The lowest BCUT2D eigenvalue weighted by atomic mass is 9.87. The van der Waals surface area contributed by atoms with E-state index in [4.69, 9.17) is 0 Å². The summed E-state index contributed by atoms with van der Waals surface area (Å²) < 4.78 is 0. The van der Waals surface area contributed by atoms with Gasteiger partial charge in [-0.3, -0.25) is 4.79 Å². The second-order valence-electron chi connectivity index (χ2n) is 5.73. The van der Waals surface area contributed by atoms with Crippen LogP contribution in [0.15, 0.2) is 24.3 Å². The summed E-state index contributed by atoms with van der Waals surface area (Å²) in [6.07, 6.45) is 4.48. The highest BCUT2D eigenvalue weighted by Gasteiger charge is 2.20. The molecule has 0 bridgehead atoms. The van der Waals surface area contributed by atoms with Gasteiger partial charge in [0, 0.05) is 24.3 Å². The fourth-order valence-corrected chi connectivity index (χ4v) is 2.80. The van der Waals surface area contributed by atoms with Crippen LogP contribution in [0.2, 0.25) is 0 Å². The van der Waals surface area contributed by atoms with Crippen molar-refractivity contribution in [2.45, 2.75) is 38.6 Å². The zero-order valence-corrected chi connectivity index (χ0v) is 12.6. The number of rotatable bonds is 3. The number of urea groups is 1. The third kappa shape index (κ3) is 4.48. The number of nitrogens with one attached hydrogen (secondary N) is 3. The molecule has 1 aromatic carbocycles. The van der Waals surface area contributed by atoms with Gasteiger partial charge in [0.05, 0.1) is 0 Å². The number of carbonyl (C=O) groups is 2. The minimum Gasteiger partial charge on any atom is -0.355 e. The monoisotopic (exact) mass is 289 g/mol. The number of hydrogen-bond donors (Lipinski definition) is 3. The van der Waals surface area contributed by atoms with Gasteiger partial charge in [-0.15, -0.1) is 0 Å². The maximum absolute atomic E-state index is 12.0. The maximum Gasteiger partial charge on any atom is 0.319 e. The Bertz CT molecular complexity index is 516. The summed E-state index contributed by atoms with van der Waals surface area (Å²) in [5.41, 5.74) is 1.15. The average Bonchev–Trinajstić information content (AvgIpc) is 2.46. The van der Waals surface area contributed by atoms with E-state index in [1.807, 2.05) is 0 Å². The summed E-state index contributed by atoms with van der Waals surface area (Å²) in [5, 5.41) is 8.37. The van der Waals surface area contributed by atoms with E-state index in [2.05, 4.69) is 22.9 Å². The molecule has 0 unspecified atom stereocenters. The first-order chi connectivity index (χ1) is 10.1. The van der Waals surface area contributed by atoms with Gasteiger partial charge in [0.1, 0.15) is 0 Å². The first kappa shape index (κ1) is 15.4. The van der Waals surface area contributed by atoms with Gasteiger partial charge in [-0.05, 0) is 37.0 Å². The normalized spacial score (nSPS) is 21.4. The van der Waals surface area contributed by atoms with Gasteiger partial charge in [-0.1, -0.05) is 25.8 Å². The van der Waals surface area contributed by atoms with Gasteiger partial charge in [0.25, 0.3) is 5.91 Å². The Labute approximate surface area is 125 Å². The van der Waals surface area contributed by atoms with Crippen LogP contribution < -0.4 is 16.0 Å². The highest BCUT2D eigenvalue weighted by atomic mass is 16.2. The van der Waals surface area contributed by atoms with Gasteiger partial charge < -0.3 is 16.0 Å². The van der Waals surface area contributed by atoms with E-state index in [1.54, 1.807) is 31.3 Å². The lowest BCUT2D eigenvalue weighted by Crippen LogP contribution is -2.40. The molecule has 0 aliphatic heterocycles. The molecular formula is C16H23N3O2. The second kappa shape index (κ2) is 7.11. The molecule has 3 amide bonds. The lowest BCUT2D eigenvalue weighted by Gasteiger charge is -2.27. The van der Waals surface area contributed by atoms with Crippen molar-refractivity contribution in [1.82, 2.24) is 10.6 Å². The first-order valence-corrected chi connectivity index (χ1v) is 7.48. The predicted molar refractivity (Wildman–Crippen MR) is 83.4 cm³/mol.